The SMILES string of the molecule is CNc1nc(-c2nc(N3CC[C@@H](NC(=O)c4[nH]c(C)c(Cl)c4Cl)[C@@H](F)C3)sc2C(=O)OC)cs1. The summed E-state index contributed by atoms with van der Waals surface area (Å²) in [6, 6.07) is -0.710. The Morgan fingerprint density at radius 2 is 2.09 bits per heavy atom. The van der Waals surface area contributed by atoms with Gasteiger partial charge in [-0.2, -0.15) is 0 Å². The zero-order chi connectivity index (χ0) is 24.6. The summed E-state index contributed by atoms with van der Waals surface area (Å²) in [6.45, 7) is 2.11. The van der Waals surface area contributed by atoms with Gasteiger partial charge in [0.25, 0.3) is 5.91 Å². The van der Waals surface area contributed by atoms with Crippen LogP contribution in [-0.2, 0) is 4.74 Å². The number of halogens is 3. The quantitative estimate of drug-likeness (QED) is 0.393. The van der Waals surface area contributed by atoms with Crippen LogP contribution in [0.1, 0.15) is 32.3 Å². The number of thiazole rings is 2. The van der Waals surface area contributed by atoms with E-state index in [1.807, 2.05) is 0 Å². The van der Waals surface area contributed by atoms with E-state index < -0.39 is 24.1 Å². The molecule has 0 radical (unpaired) electrons. The summed E-state index contributed by atoms with van der Waals surface area (Å²) in [7, 11) is 3.04. The maximum absolute atomic E-state index is 15.1. The van der Waals surface area contributed by atoms with Gasteiger partial charge in [-0.05, 0) is 13.3 Å². The second-order valence-electron chi connectivity index (χ2n) is 7.54. The molecule has 3 aromatic heterocycles. The maximum atomic E-state index is 15.1. The fourth-order valence-electron chi connectivity index (χ4n) is 3.56. The van der Waals surface area contributed by atoms with Crippen LogP contribution >= 0.6 is 45.9 Å². The van der Waals surface area contributed by atoms with E-state index in [1.54, 1.807) is 24.3 Å². The summed E-state index contributed by atoms with van der Waals surface area (Å²) >= 11 is 14.6. The van der Waals surface area contributed by atoms with Gasteiger partial charge in [-0.1, -0.05) is 34.5 Å². The number of hydrogen-bond donors (Lipinski definition) is 3. The van der Waals surface area contributed by atoms with Crippen molar-refractivity contribution >= 4 is 68.0 Å². The molecule has 4 rings (SSSR count). The summed E-state index contributed by atoms with van der Waals surface area (Å²) in [6.07, 6.45) is -1.03. The third-order valence-corrected chi connectivity index (χ3v) is 8.26. The van der Waals surface area contributed by atoms with Gasteiger partial charge in [-0.3, -0.25) is 4.79 Å². The third-order valence-electron chi connectivity index (χ3n) is 5.36. The largest absolute Gasteiger partial charge is 0.465 e. The van der Waals surface area contributed by atoms with Crippen molar-refractivity contribution in [2.45, 2.75) is 25.6 Å². The van der Waals surface area contributed by atoms with E-state index in [1.165, 1.54) is 18.4 Å². The van der Waals surface area contributed by atoms with Gasteiger partial charge in [-0.25, -0.2) is 19.2 Å². The molecule has 0 aliphatic carbocycles. The second-order valence-corrected chi connectivity index (χ2v) is 10.1. The molecule has 34 heavy (non-hydrogen) atoms. The van der Waals surface area contributed by atoms with Crippen molar-refractivity contribution in [3.8, 4) is 11.4 Å². The number of aryl methyl sites for hydroxylation is 1. The van der Waals surface area contributed by atoms with Gasteiger partial charge in [0, 0.05) is 24.7 Å². The normalized spacial score (nSPS) is 18.1. The molecule has 4 heterocycles. The number of rotatable bonds is 6. The minimum Gasteiger partial charge on any atom is -0.465 e. The number of ether oxygens (including phenoxy) is 1. The number of carbonyl (C=O) groups is 2. The van der Waals surface area contributed by atoms with Gasteiger partial charge in [0.2, 0.25) is 0 Å². The number of alkyl halides is 1. The number of methoxy groups -OCH3 is 1. The minimum atomic E-state index is -1.37. The lowest BCUT2D eigenvalue weighted by Crippen LogP contribution is -2.52. The van der Waals surface area contributed by atoms with Crippen LogP contribution in [0.15, 0.2) is 5.38 Å². The Kier molecular flexibility index (Phi) is 7.31. The van der Waals surface area contributed by atoms with Crippen molar-refractivity contribution in [3.63, 3.8) is 0 Å². The monoisotopic (exact) mass is 546 g/mol. The molecule has 0 saturated carbocycles. The van der Waals surface area contributed by atoms with Gasteiger partial charge in [0.05, 0.1) is 29.7 Å². The molecule has 0 spiro atoms. The lowest BCUT2D eigenvalue weighted by atomic mass is 10.0. The van der Waals surface area contributed by atoms with Crippen molar-refractivity contribution in [1.82, 2.24) is 20.3 Å². The number of H-pyrrole nitrogens is 1. The molecule has 1 saturated heterocycles. The van der Waals surface area contributed by atoms with Crippen molar-refractivity contribution in [3.05, 3.63) is 31.7 Å². The van der Waals surface area contributed by atoms with Crippen LogP contribution in [0.3, 0.4) is 0 Å². The predicted octanol–water partition coefficient (Wildman–Crippen LogP) is 4.39. The summed E-state index contributed by atoms with van der Waals surface area (Å²) in [5, 5.41) is 8.97. The average Bonchev–Trinajstić information content (AvgIpc) is 3.54. The standard InChI is InChI=1S/C20H21Cl2FN6O3S2/c1-8-12(21)13(22)15(25-8)17(30)26-10-4-5-29(6-9(10)23)20-28-14(16(34-20)18(31)32-3)11-7-33-19(24-2)27-11/h7,9-10,25H,4-6H2,1-3H3,(H,24,27)(H,26,30)/t9-,10+/m0/s1. The number of amides is 1. The topological polar surface area (TPSA) is 112 Å². The summed E-state index contributed by atoms with van der Waals surface area (Å²) in [4.78, 5) is 38.8. The molecule has 182 valence electrons. The average molecular weight is 547 g/mol. The van der Waals surface area contributed by atoms with Gasteiger partial charge < -0.3 is 25.3 Å². The number of piperidine rings is 1. The number of nitrogens with one attached hydrogen (secondary N) is 3. The van der Waals surface area contributed by atoms with Crippen molar-refractivity contribution in [2.24, 2.45) is 0 Å². The summed E-state index contributed by atoms with van der Waals surface area (Å²) < 4.78 is 20.0. The van der Waals surface area contributed by atoms with E-state index in [0.717, 1.165) is 11.3 Å². The highest BCUT2D eigenvalue weighted by Gasteiger charge is 2.34. The molecule has 1 aliphatic rings. The van der Waals surface area contributed by atoms with Crippen LogP contribution in [0.25, 0.3) is 11.4 Å². The van der Waals surface area contributed by atoms with Gasteiger partial charge >= 0.3 is 5.97 Å². The molecular formula is C20H21Cl2FN6O3S2. The van der Waals surface area contributed by atoms with E-state index in [0.29, 0.717) is 45.2 Å². The lowest BCUT2D eigenvalue weighted by Gasteiger charge is -2.34. The highest BCUT2D eigenvalue weighted by Crippen LogP contribution is 2.36. The van der Waals surface area contributed by atoms with Gasteiger partial charge in [0.15, 0.2) is 10.3 Å². The molecule has 1 amide bonds. The molecule has 14 heteroatoms. The zero-order valence-corrected chi connectivity index (χ0v) is 21.5. The molecule has 3 N–H and O–H groups in total. The van der Waals surface area contributed by atoms with E-state index in [9.17, 15) is 9.59 Å². The Morgan fingerprint density at radius 1 is 1.32 bits per heavy atom. The number of aromatic nitrogens is 3. The first-order valence-electron chi connectivity index (χ1n) is 10.2. The molecule has 0 aromatic carbocycles. The smallest absolute Gasteiger partial charge is 0.350 e. The summed E-state index contributed by atoms with van der Waals surface area (Å²) in [5.41, 5.74) is 1.60. The van der Waals surface area contributed by atoms with Crippen molar-refractivity contribution in [1.29, 1.82) is 0 Å². The van der Waals surface area contributed by atoms with E-state index >= 15 is 4.39 Å². The van der Waals surface area contributed by atoms with Gasteiger partial charge in [0.1, 0.15) is 28.1 Å². The molecule has 2 atom stereocenters. The third kappa shape index (κ3) is 4.72. The Hall–Kier alpha value is -2.41. The van der Waals surface area contributed by atoms with Crippen molar-refractivity contribution < 1.29 is 18.7 Å². The first-order valence-corrected chi connectivity index (χ1v) is 12.6. The zero-order valence-electron chi connectivity index (χ0n) is 18.4. The van der Waals surface area contributed by atoms with Crippen LogP contribution in [0.2, 0.25) is 10.0 Å². The predicted molar refractivity (Wildman–Crippen MR) is 133 cm³/mol. The number of aromatic amines is 1. The molecule has 0 bridgehead atoms. The molecule has 3 aromatic rings. The number of esters is 1. The van der Waals surface area contributed by atoms with E-state index in [2.05, 4.69) is 25.6 Å². The molecule has 1 aliphatic heterocycles. The fourth-order valence-corrected chi connectivity index (χ4v) is 5.66. The lowest BCUT2D eigenvalue weighted by molar-refractivity contribution is 0.0606. The molecule has 1 fully saturated rings. The number of nitrogens with zero attached hydrogens (tertiary/aromatic N) is 3. The maximum Gasteiger partial charge on any atom is 0.350 e. The Balaban J connectivity index is 1.50. The number of carbonyl (C=O) groups excluding carboxylic acids is 2. The highest BCUT2D eigenvalue weighted by molar-refractivity contribution is 7.18. The Morgan fingerprint density at radius 3 is 2.68 bits per heavy atom. The van der Waals surface area contributed by atoms with Crippen LogP contribution in [0.5, 0.6) is 0 Å². The summed E-state index contributed by atoms with van der Waals surface area (Å²) in [5.74, 6) is -1.05. The minimum absolute atomic E-state index is 0.00438. The van der Waals surface area contributed by atoms with E-state index in [-0.39, 0.29) is 22.3 Å². The fraction of sp³-hybridized carbons (Fsp3) is 0.400. The van der Waals surface area contributed by atoms with Crippen molar-refractivity contribution in [2.75, 3.05) is 37.5 Å². The molecule has 0 unspecified atom stereocenters. The van der Waals surface area contributed by atoms with Gasteiger partial charge in [-0.15, -0.1) is 11.3 Å². The Labute approximate surface area is 212 Å². The van der Waals surface area contributed by atoms with Crippen LogP contribution in [0, 0.1) is 6.92 Å². The second kappa shape index (κ2) is 10.1. The van der Waals surface area contributed by atoms with Crippen LogP contribution in [0.4, 0.5) is 14.7 Å². The number of hydrogen-bond acceptors (Lipinski definition) is 9. The molecule has 9 nitrogen and oxygen atoms in total. The first kappa shape index (κ1) is 24.7. The Bertz CT molecular complexity index is 1230. The van der Waals surface area contributed by atoms with Crippen LogP contribution < -0.4 is 15.5 Å². The number of anilines is 2. The highest BCUT2D eigenvalue weighted by atomic mass is 35.5. The van der Waals surface area contributed by atoms with E-state index in [4.69, 9.17) is 27.9 Å². The van der Waals surface area contributed by atoms with Crippen LogP contribution in [-0.4, -0.2) is 66.3 Å². The first-order chi connectivity index (χ1) is 16.2. The molecular weight excluding hydrogens is 526 g/mol.